The van der Waals surface area contributed by atoms with Crippen LogP contribution in [0.5, 0.6) is 0 Å². The van der Waals surface area contributed by atoms with Crippen molar-refractivity contribution in [3.8, 4) is 0 Å². The van der Waals surface area contributed by atoms with E-state index in [1.165, 1.54) is 23.1 Å². The van der Waals surface area contributed by atoms with Crippen LogP contribution in [0.25, 0.3) is 10.2 Å². The molecule has 3 aliphatic carbocycles. The second-order valence-electron chi connectivity index (χ2n) is 6.60. The van der Waals surface area contributed by atoms with Crippen molar-refractivity contribution in [3.63, 3.8) is 0 Å². The minimum Gasteiger partial charge on any atom is -0.253 e. The molecule has 2 aromatic rings. The Labute approximate surface area is 128 Å². The molecule has 1 heterocycles. The molecule has 1 saturated carbocycles. The maximum atomic E-state index is 4.53. The van der Waals surface area contributed by atoms with Crippen molar-refractivity contribution in [1.29, 1.82) is 0 Å². The number of anilines is 1. The Morgan fingerprint density at radius 3 is 3.00 bits per heavy atom. The largest absolute Gasteiger partial charge is 0.253 e. The van der Waals surface area contributed by atoms with Gasteiger partial charge in [0.05, 0.1) is 16.4 Å². The van der Waals surface area contributed by atoms with Crippen molar-refractivity contribution in [1.82, 2.24) is 4.98 Å². The van der Waals surface area contributed by atoms with Crippen LogP contribution >= 0.6 is 11.3 Å². The molecule has 1 aromatic carbocycles. The standard InChI is InChI=1S/C17H19N3S/c1-17(2)12-8-7-11(13(17)9-12)10-18-20-16-19-14-5-3-4-6-15(14)21-16/h3-7,10,12-13H,8-9H2,1-2H3,(H,19,20)/b18-10-/t12-,13-/m1/s1. The fourth-order valence-electron chi connectivity index (χ4n) is 3.63. The van der Waals surface area contributed by atoms with E-state index in [1.54, 1.807) is 11.3 Å². The van der Waals surface area contributed by atoms with Gasteiger partial charge in [-0.1, -0.05) is 43.4 Å². The van der Waals surface area contributed by atoms with Gasteiger partial charge in [-0.2, -0.15) is 5.10 Å². The van der Waals surface area contributed by atoms with E-state index in [2.05, 4.69) is 41.5 Å². The maximum Gasteiger partial charge on any atom is 0.204 e. The molecule has 0 spiro atoms. The summed E-state index contributed by atoms with van der Waals surface area (Å²) in [6.07, 6.45) is 6.87. The third-order valence-electron chi connectivity index (χ3n) is 5.18. The second-order valence-corrected chi connectivity index (χ2v) is 7.63. The summed E-state index contributed by atoms with van der Waals surface area (Å²) in [5.74, 6) is 1.55. The number of allylic oxidation sites excluding steroid dienone is 2. The Kier molecular flexibility index (Phi) is 2.89. The Morgan fingerprint density at radius 1 is 1.38 bits per heavy atom. The quantitative estimate of drug-likeness (QED) is 0.659. The minimum absolute atomic E-state index is 0.450. The van der Waals surface area contributed by atoms with E-state index >= 15 is 0 Å². The topological polar surface area (TPSA) is 37.3 Å². The zero-order chi connectivity index (χ0) is 14.4. The average Bonchev–Trinajstić information content (AvgIpc) is 2.90. The normalized spacial score (nSPS) is 26.7. The summed E-state index contributed by atoms with van der Waals surface area (Å²) in [5, 5.41) is 5.26. The molecule has 21 heavy (non-hydrogen) atoms. The zero-order valence-corrected chi connectivity index (χ0v) is 13.2. The van der Waals surface area contributed by atoms with E-state index in [1.807, 2.05) is 24.4 Å². The number of hydrogen-bond acceptors (Lipinski definition) is 4. The number of aromatic nitrogens is 1. The number of thiazole rings is 1. The second kappa shape index (κ2) is 4.67. The van der Waals surface area contributed by atoms with Crippen LogP contribution in [0.3, 0.4) is 0 Å². The van der Waals surface area contributed by atoms with E-state index < -0.39 is 0 Å². The summed E-state index contributed by atoms with van der Waals surface area (Å²) in [6.45, 7) is 4.77. The number of para-hydroxylation sites is 1. The molecule has 4 heteroatoms. The van der Waals surface area contributed by atoms with Crippen molar-refractivity contribution in [3.05, 3.63) is 35.9 Å². The summed E-state index contributed by atoms with van der Waals surface area (Å²) < 4.78 is 1.19. The Balaban J connectivity index is 1.48. The lowest BCUT2D eigenvalue weighted by molar-refractivity contribution is -0.00124. The molecular formula is C17H19N3S. The molecule has 1 N–H and O–H groups in total. The summed E-state index contributed by atoms with van der Waals surface area (Å²) in [7, 11) is 0. The van der Waals surface area contributed by atoms with Gasteiger partial charge in [0, 0.05) is 0 Å². The fourth-order valence-corrected chi connectivity index (χ4v) is 4.44. The van der Waals surface area contributed by atoms with E-state index in [-0.39, 0.29) is 0 Å². The first-order valence-corrected chi connectivity index (χ1v) is 8.31. The first-order valence-electron chi connectivity index (χ1n) is 7.49. The molecular weight excluding hydrogens is 278 g/mol. The highest BCUT2D eigenvalue weighted by atomic mass is 32.1. The molecule has 2 atom stereocenters. The summed E-state index contributed by atoms with van der Waals surface area (Å²) in [5.41, 5.74) is 5.95. The van der Waals surface area contributed by atoms with Crippen LogP contribution < -0.4 is 5.43 Å². The predicted octanol–water partition coefficient (Wildman–Crippen LogP) is 4.69. The highest BCUT2D eigenvalue weighted by Crippen LogP contribution is 2.58. The van der Waals surface area contributed by atoms with Gasteiger partial charge in [0.25, 0.3) is 0 Å². The summed E-state index contributed by atoms with van der Waals surface area (Å²) in [6, 6.07) is 8.16. The predicted molar refractivity (Wildman–Crippen MR) is 89.8 cm³/mol. The van der Waals surface area contributed by atoms with Crippen LogP contribution in [0.4, 0.5) is 5.13 Å². The van der Waals surface area contributed by atoms with Gasteiger partial charge in [-0.15, -0.1) is 0 Å². The van der Waals surface area contributed by atoms with Gasteiger partial charge in [0.2, 0.25) is 5.13 Å². The molecule has 0 radical (unpaired) electrons. The monoisotopic (exact) mass is 297 g/mol. The van der Waals surface area contributed by atoms with Crippen molar-refractivity contribution in [2.75, 3.05) is 5.43 Å². The van der Waals surface area contributed by atoms with Crippen LogP contribution in [0, 0.1) is 17.3 Å². The molecule has 3 nitrogen and oxygen atoms in total. The molecule has 0 unspecified atom stereocenters. The molecule has 1 aromatic heterocycles. The molecule has 2 bridgehead atoms. The Hall–Kier alpha value is -1.68. The van der Waals surface area contributed by atoms with Crippen LogP contribution in [-0.2, 0) is 0 Å². The molecule has 108 valence electrons. The average molecular weight is 297 g/mol. The zero-order valence-electron chi connectivity index (χ0n) is 12.3. The van der Waals surface area contributed by atoms with Crippen molar-refractivity contribution < 1.29 is 0 Å². The van der Waals surface area contributed by atoms with Gasteiger partial charge in [-0.25, -0.2) is 4.98 Å². The van der Waals surface area contributed by atoms with E-state index in [9.17, 15) is 0 Å². The summed E-state index contributed by atoms with van der Waals surface area (Å²) >= 11 is 1.64. The van der Waals surface area contributed by atoms with Crippen LogP contribution in [-0.4, -0.2) is 11.2 Å². The van der Waals surface area contributed by atoms with E-state index in [4.69, 9.17) is 0 Å². The van der Waals surface area contributed by atoms with Gasteiger partial charge in [0.15, 0.2) is 0 Å². The van der Waals surface area contributed by atoms with Crippen LogP contribution in [0.2, 0.25) is 0 Å². The van der Waals surface area contributed by atoms with Crippen molar-refractivity contribution >= 4 is 32.9 Å². The fraction of sp³-hybridized carbons (Fsp3) is 0.412. The van der Waals surface area contributed by atoms with E-state index in [0.29, 0.717) is 11.3 Å². The highest BCUT2D eigenvalue weighted by Gasteiger charge is 2.50. The lowest BCUT2D eigenvalue weighted by atomic mass is 9.49. The third kappa shape index (κ3) is 2.09. The smallest absolute Gasteiger partial charge is 0.204 e. The molecule has 3 aliphatic rings. The number of rotatable bonds is 3. The SMILES string of the molecule is CC1(C)[C@@H]2CC=C(/C=N\Nc3nc4ccccc4s3)[C@H]1C2. The van der Waals surface area contributed by atoms with Crippen molar-refractivity contribution in [2.24, 2.45) is 22.4 Å². The maximum absolute atomic E-state index is 4.53. The summed E-state index contributed by atoms with van der Waals surface area (Å²) in [4.78, 5) is 4.53. The van der Waals surface area contributed by atoms with Crippen LogP contribution in [0.15, 0.2) is 41.0 Å². The Morgan fingerprint density at radius 2 is 2.24 bits per heavy atom. The van der Waals surface area contributed by atoms with Gasteiger partial charge in [-0.05, 0) is 47.8 Å². The van der Waals surface area contributed by atoms with E-state index in [0.717, 1.165) is 16.6 Å². The molecule has 0 amide bonds. The van der Waals surface area contributed by atoms with Gasteiger partial charge in [0.1, 0.15) is 0 Å². The number of hydrogen-bond donors (Lipinski definition) is 1. The first kappa shape index (κ1) is 13.0. The van der Waals surface area contributed by atoms with Crippen LogP contribution in [0.1, 0.15) is 26.7 Å². The van der Waals surface area contributed by atoms with Crippen molar-refractivity contribution in [2.45, 2.75) is 26.7 Å². The number of nitrogens with zero attached hydrogens (tertiary/aromatic N) is 2. The number of hydrazone groups is 1. The lowest BCUT2D eigenvalue weighted by Gasteiger charge is -2.55. The molecule has 5 rings (SSSR count). The highest BCUT2D eigenvalue weighted by molar-refractivity contribution is 7.22. The van der Waals surface area contributed by atoms with Gasteiger partial charge < -0.3 is 0 Å². The number of benzene rings is 1. The van der Waals surface area contributed by atoms with Gasteiger partial charge >= 0.3 is 0 Å². The molecule has 0 aliphatic heterocycles. The number of nitrogens with one attached hydrogen (secondary N) is 1. The first-order chi connectivity index (χ1) is 10.1. The van der Waals surface area contributed by atoms with Gasteiger partial charge in [-0.3, -0.25) is 5.43 Å². The lowest BCUT2D eigenvalue weighted by Crippen LogP contribution is -2.48. The number of fused-ring (bicyclic) bond motifs is 2. The Bertz CT molecular complexity index is 708. The third-order valence-corrected chi connectivity index (χ3v) is 6.12. The minimum atomic E-state index is 0.450. The molecule has 0 saturated heterocycles. The molecule has 1 fully saturated rings.